The third-order valence-electron chi connectivity index (χ3n) is 5.00. The molecule has 2 aromatic carbocycles. The Kier molecular flexibility index (Phi) is 6.82. The maximum absolute atomic E-state index is 12.4. The highest BCUT2D eigenvalue weighted by Crippen LogP contribution is 2.33. The van der Waals surface area contributed by atoms with Crippen molar-refractivity contribution in [1.29, 1.82) is 0 Å². The van der Waals surface area contributed by atoms with Gasteiger partial charge in [-0.1, -0.05) is 47.5 Å². The topological polar surface area (TPSA) is 89.1 Å². The SMILES string of the molecule is COc1ccc(OC)c(-c2cnc(-c3ccc(CNC(=O)c4cc(Cl)cnc4Cl)cc3)[nH]2)c1. The minimum absolute atomic E-state index is 0.105. The second kappa shape index (κ2) is 9.94. The fourth-order valence-electron chi connectivity index (χ4n) is 3.27. The van der Waals surface area contributed by atoms with Crippen molar-refractivity contribution in [2.45, 2.75) is 6.54 Å². The van der Waals surface area contributed by atoms with Gasteiger partial charge >= 0.3 is 0 Å². The first-order valence-electron chi connectivity index (χ1n) is 9.94. The number of hydrogen-bond acceptors (Lipinski definition) is 5. The van der Waals surface area contributed by atoms with Crippen LogP contribution >= 0.6 is 23.2 Å². The van der Waals surface area contributed by atoms with Gasteiger partial charge in [0.2, 0.25) is 0 Å². The molecule has 1 amide bonds. The number of ether oxygens (including phenoxy) is 2. The minimum Gasteiger partial charge on any atom is -0.497 e. The fraction of sp³-hybridized carbons (Fsp3) is 0.125. The van der Waals surface area contributed by atoms with Crippen LogP contribution in [0.15, 0.2) is 60.9 Å². The highest BCUT2D eigenvalue weighted by atomic mass is 35.5. The first-order chi connectivity index (χ1) is 16.0. The second-order valence-electron chi connectivity index (χ2n) is 7.08. The number of carbonyl (C=O) groups is 1. The number of hydrogen-bond donors (Lipinski definition) is 2. The molecule has 4 rings (SSSR count). The van der Waals surface area contributed by atoms with Crippen molar-refractivity contribution in [3.05, 3.63) is 82.2 Å². The smallest absolute Gasteiger partial charge is 0.254 e. The number of benzene rings is 2. The van der Waals surface area contributed by atoms with Gasteiger partial charge in [0.1, 0.15) is 22.5 Å². The first kappa shape index (κ1) is 22.6. The second-order valence-corrected chi connectivity index (χ2v) is 7.88. The van der Waals surface area contributed by atoms with Crippen molar-refractivity contribution in [2.75, 3.05) is 14.2 Å². The summed E-state index contributed by atoms with van der Waals surface area (Å²) in [6, 6.07) is 14.8. The molecular formula is C24H20Cl2N4O3. The number of carbonyl (C=O) groups excluding carboxylic acids is 1. The molecule has 2 heterocycles. The molecule has 2 aromatic heterocycles. The molecule has 2 N–H and O–H groups in total. The number of rotatable bonds is 7. The van der Waals surface area contributed by atoms with Gasteiger partial charge in [-0.3, -0.25) is 4.79 Å². The number of amides is 1. The van der Waals surface area contributed by atoms with Crippen LogP contribution in [0.2, 0.25) is 10.2 Å². The van der Waals surface area contributed by atoms with E-state index in [1.54, 1.807) is 20.4 Å². The van der Waals surface area contributed by atoms with Gasteiger partial charge in [-0.05, 0) is 29.8 Å². The summed E-state index contributed by atoms with van der Waals surface area (Å²) in [5.74, 6) is 1.81. The van der Waals surface area contributed by atoms with Crippen molar-refractivity contribution in [3.8, 4) is 34.1 Å². The zero-order valence-electron chi connectivity index (χ0n) is 17.9. The molecule has 33 heavy (non-hydrogen) atoms. The lowest BCUT2D eigenvalue weighted by molar-refractivity contribution is 0.0950. The van der Waals surface area contributed by atoms with Crippen molar-refractivity contribution in [2.24, 2.45) is 0 Å². The summed E-state index contributed by atoms with van der Waals surface area (Å²) in [5.41, 5.74) is 3.71. The number of pyridine rings is 1. The minimum atomic E-state index is -0.345. The van der Waals surface area contributed by atoms with Gasteiger partial charge < -0.3 is 19.8 Å². The maximum atomic E-state index is 12.4. The van der Waals surface area contributed by atoms with Gasteiger partial charge in [-0.2, -0.15) is 0 Å². The zero-order chi connectivity index (χ0) is 23.4. The van der Waals surface area contributed by atoms with Gasteiger partial charge in [0.15, 0.2) is 0 Å². The number of H-pyrrole nitrogens is 1. The Morgan fingerprint density at radius 1 is 1.00 bits per heavy atom. The lowest BCUT2D eigenvalue weighted by atomic mass is 10.1. The highest BCUT2D eigenvalue weighted by molar-refractivity contribution is 6.34. The van der Waals surface area contributed by atoms with Crippen molar-refractivity contribution < 1.29 is 14.3 Å². The van der Waals surface area contributed by atoms with Crippen LogP contribution in [-0.4, -0.2) is 35.1 Å². The Morgan fingerprint density at radius 3 is 2.52 bits per heavy atom. The summed E-state index contributed by atoms with van der Waals surface area (Å²) >= 11 is 11.9. The molecule has 0 aliphatic carbocycles. The molecule has 7 nitrogen and oxygen atoms in total. The van der Waals surface area contributed by atoms with Crippen LogP contribution in [0, 0.1) is 0 Å². The lowest BCUT2D eigenvalue weighted by Gasteiger charge is -2.09. The normalized spacial score (nSPS) is 10.7. The van der Waals surface area contributed by atoms with Crippen LogP contribution in [0.1, 0.15) is 15.9 Å². The van der Waals surface area contributed by atoms with Gasteiger partial charge in [0.25, 0.3) is 5.91 Å². The third kappa shape index (κ3) is 5.10. The predicted octanol–water partition coefficient (Wildman–Crippen LogP) is 5.39. The van der Waals surface area contributed by atoms with E-state index in [0.717, 1.165) is 28.1 Å². The molecule has 0 radical (unpaired) electrons. The molecule has 0 spiro atoms. The average molecular weight is 483 g/mol. The van der Waals surface area contributed by atoms with Crippen LogP contribution in [0.25, 0.3) is 22.6 Å². The monoisotopic (exact) mass is 482 g/mol. The Morgan fingerprint density at radius 2 is 1.79 bits per heavy atom. The van der Waals surface area contributed by atoms with Crippen LogP contribution < -0.4 is 14.8 Å². The molecule has 0 aliphatic heterocycles. The number of aromatic amines is 1. The van der Waals surface area contributed by atoms with Crippen LogP contribution in [-0.2, 0) is 6.54 Å². The lowest BCUT2D eigenvalue weighted by Crippen LogP contribution is -2.23. The van der Waals surface area contributed by atoms with E-state index in [4.69, 9.17) is 32.7 Å². The molecule has 0 fully saturated rings. The maximum Gasteiger partial charge on any atom is 0.254 e. The van der Waals surface area contributed by atoms with Crippen molar-refractivity contribution in [1.82, 2.24) is 20.3 Å². The summed E-state index contributed by atoms with van der Waals surface area (Å²) in [7, 11) is 3.24. The molecule has 0 atom stereocenters. The molecule has 0 unspecified atom stereocenters. The van der Waals surface area contributed by atoms with E-state index < -0.39 is 0 Å². The summed E-state index contributed by atoms with van der Waals surface area (Å²) in [4.78, 5) is 24.1. The average Bonchev–Trinajstić information content (AvgIpc) is 3.34. The number of aromatic nitrogens is 3. The Balaban J connectivity index is 1.47. The number of nitrogens with zero attached hydrogens (tertiary/aromatic N) is 2. The Labute approximate surface area is 200 Å². The summed E-state index contributed by atoms with van der Waals surface area (Å²) < 4.78 is 10.8. The van der Waals surface area contributed by atoms with Crippen LogP contribution in [0.5, 0.6) is 11.5 Å². The molecule has 0 bridgehead atoms. The third-order valence-corrected chi connectivity index (χ3v) is 5.51. The van der Waals surface area contributed by atoms with Gasteiger partial charge in [0.05, 0.1) is 36.7 Å². The van der Waals surface area contributed by atoms with Crippen LogP contribution in [0.3, 0.4) is 0 Å². The standard InChI is InChI=1S/C24H20Cl2N4O3/c1-32-17-7-8-21(33-2)18(10-17)20-13-28-23(30-20)15-5-3-14(4-6-15)11-29-24(31)19-9-16(25)12-27-22(19)26/h3-10,12-13H,11H2,1-2H3,(H,28,30)(H,29,31). The molecular weight excluding hydrogens is 463 g/mol. The largest absolute Gasteiger partial charge is 0.497 e. The Hall–Kier alpha value is -3.55. The van der Waals surface area contributed by atoms with Crippen LogP contribution in [0.4, 0.5) is 0 Å². The van der Waals surface area contributed by atoms with E-state index in [9.17, 15) is 4.79 Å². The van der Waals surface area contributed by atoms with Crippen molar-refractivity contribution >= 4 is 29.1 Å². The summed E-state index contributed by atoms with van der Waals surface area (Å²) in [5, 5.41) is 3.27. The molecule has 0 saturated heterocycles. The zero-order valence-corrected chi connectivity index (χ0v) is 19.4. The quantitative estimate of drug-likeness (QED) is 0.344. The predicted molar refractivity (Wildman–Crippen MR) is 128 cm³/mol. The summed E-state index contributed by atoms with van der Waals surface area (Å²) in [6.07, 6.45) is 3.15. The number of halogens is 2. The first-order valence-corrected chi connectivity index (χ1v) is 10.7. The van der Waals surface area contributed by atoms with E-state index in [-0.39, 0.29) is 16.6 Å². The van der Waals surface area contributed by atoms with E-state index in [2.05, 4.69) is 20.3 Å². The fourth-order valence-corrected chi connectivity index (χ4v) is 3.62. The highest BCUT2D eigenvalue weighted by Gasteiger charge is 2.13. The molecule has 168 valence electrons. The Bertz CT molecular complexity index is 1290. The molecule has 0 aliphatic rings. The molecule has 0 saturated carbocycles. The van der Waals surface area contributed by atoms with E-state index in [1.807, 2.05) is 42.5 Å². The van der Waals surface area contributed by atoms with E-state index in [1.165, 1.54) is 12.3 Å². The van der Waals surface area contributed by atoms with E-state index >= 15 is 0 Å². The number of methoxy groups -OCH3 is 2. The molecule has 4 aromatic rings. The van der Waals surface area contributed by atoms with Gasteiger partial charge in [-0.15, -0.1) is 0 Å². The van der Waals surface area contributed by atoms with Gasteiger partial charge in [0, 0.05) is 23.9 Å². The summed E-state index contributed by atoms with van der Waals surface area (Å²) in [6.45, 7) is 0.326. The number of nitrogens with one attached hydrogen (secondary N) is 2. The molecule has 9 heteroatoms. The van der Waals surface area contributed by atoms with Crippen molar-refractivity contribution in [3.63, 3.8) is 0 Å². The number of imidazole rings is 1. The van der Waals surface area contributed by atoms with E-state index in [0.29, 0.717) is 23.1 Å². The van der Waals surface area contributed by atoms with Gasteiger partial charge in [-0.25, -0.2) is 9.97 Å².